The van der Waals surface area contributed by atoms with Crippen molar-refractivity contribution in [1.29, 1.82) is 0 Å². The van der Waals surface area contributed by atoms with Gasteiger partial charge in [-0.2, -0.15) is 0 Å². The van der Waals surface area contributed by atoms with Crippen LogP contribution in [0.3, 0.4) is 0 Å². The van der Waals surface area contributed by atoms with Gasteiger partial charge in [0.05, 0.1) is 5.54 Å². The maximum Gasteiger partial charge on any atom is 0.245 e. The molecule has 0 aliphatic heterocycles. The van der Waals surface area contributed by atoms with Gasteiger partial charge in [0.2, 0.25) is 11.0 Å². The van der Waals surface area contributed by atoms with Gasteiger partial charge in [-0.05, 0) is 19.8 Å². The van der Waals surface area contributed by atoms with Crippen LogP contribution >= 0.6 is 23.7 Å². The van der Waals surface area contributed by atoms with Crippen LogP contribution in [0.5, 0.6) is 0 Å². The summed E-state index contributed by atoms with van der Waals surface area (Å²) in [4.78, 5) is 12.0. The lowest BCUT2D eigenvalue weighted by molar-refractivity contribution is -0.120. The number of rotatable bonds is 8. The molecule has 0 bridgehead atoms. The van der Waals surface area contributed by atoms with Gasteiger partial charge in [-0.1, -0.05) is 44.4 Å². The fourth-order valence-corrected chi connectivity index (χ4v) is 2.58. The van der Waals surface area contributed by atoms with Crippen LogP contribution in [-0.4, -0.2) is 21.6 Å². The van der Waals surface area contributed by atoms with E-state index in [1.165, 1.54) is 24.2 Å². The van der Waals surface area contributed by atoms with E-state index in [9.17, 15) is 4.79 Å². The highest BCUT2D eigenvalue weighted by molar-refractivity contribution is 7.15. The molecule has 7 heteroatoms. The number of carbonyl (C=O) groups excluding carboxylic acids is 1. The standard InChI is InChI=1S/C13H24N4OS.ClH/c1-4-6-7-8-10-16-17-12(19-10)15-11(18)13(3,14)9-5-2;/h4-9,14H2,1-3H3,(H,15,17,18);1H. The second kappa shape index (κ2) is 9.26. The van der Waals surface area contributed by atoms with Crippen LogP contribution in [0.4, 0.5) is 5.13 Å². The summed E-state index contributed by atoms with van der Waals surface area (Å²) >= 11 is 1.44. The number of nitrogens with zero attached hydrogens (tertiary/aromatic N) is 2. The number of anilines is 1. The Labute approximate surface area is 131 Å². The van der Waals surface area contributed by atoms with E-state index >= 15 is 0 Å². The molecule has 116 valence electrons. The van der Waals surface area contributed by atoms with E-state index in [1.807, 2.05) is 6.92 Å². The van der Waals surface area contributed by atoms with Crippen molar-refractivity contribution in [2.45, 2.75) is 64.8 Å². The molecule has 5 nitrogen and oxygen atoms in total. The minimum absolute atomic E-state index is 0. The number of aromatic nitrogens is 2. The third-order valence-electron chi connectivity index (χ3n) is 2.97. The molecule has 1 amide bonds. The average Bonchev–Trinajstić information content (AvgIpc) is 2.77. The minimum Gasteiger partial charge on any atom is -0.318 e. The Morgan fingerprint density at radius 1 is 1.30 bits per heavy atom. The SMILES string of the molecule is CCCCCc1nnc(NC(=O)C(C)(N)CCC)s1.Cl. The van der Waals surface area contributed by atoms with Crippen molar-refractivity contribution in [3.63, 3.8) is 0 Å². The zero-order chi connectivity index (χ0) is 14.3. The first-order valence-corrected chi connectivity index (χ1v) is 7.74. The van der Waals surface area contributed by atoms with Gasteiger partial charge in [-0.3, -0.25) is 10.1 Å². The number of amides is 1. The van der Waals surface area contributed by atoms with E-state index in [0.717, 1.165) is 24.3 Å². The highest BCUT2D eigenvalue weighted by atomic mass is 35.5. The minimum atomic E-state index is -0.844. The predicted octanol–water partition coefficient (Wildman–Crippen LogP) is 3.15. The van der Waals surface area contributed by atoms with Gasteiger partial charge in [-0.25, -0.2) is 0 Å². The van der Waals surface area contributed by atoms with Gasteiger partial charge in [0.25, 0.3) is 0 Å². The summed E-state index contributed by atoms with van der Waals surface area (Å²) in [6.45, 7) is 5.92. The van der Waals surface area contributed by atoms with E-state index in [1.54, 1.807) is 6.92 Å². The van der Waals surface area contributed by atoms with Gasteiger partial charge in [0, 0.05) is 6.42 Å². The molecule has 0 saturated carbocycles. The van der Waals surface area contributed by atoms with Crippen LogP contribution < -0.4 is 11.1 Å². The molecule has 3 N–H and O–H groups in total. The quantitative estimate of drug-likeness (QED) is 0.721. The molecule has 0 aliphatic rings. The second-order valence-corrected chi connectivity index (χ2v) is 6.14. The summed E-state index contributed by atoms with van der Waals surface area (Å²) in [6.07, 6.45) is 5.95. The zero-order valence-electron chi connectivity index (χ0n) is 12.4. The van der Waals surface area contributed by atoms with E-state index in [2.05, 4.69) is 22.4 Å². The fraction of sp³-hybridized carbons (Fsp3) is 0.769. The van der Waals surface area contributed by atoms with Gasteiger partial charge in [-0.15, -0.1) is 22.6 Å². The number of hydrogen-bond donors (Lipinski definition) is 2. The molecule has 1 aromatic rings. The molecule has 0 spiro atoms. The number of hydrogen-bond acceptors (Lipinski definition) is 5. The van der Waals surface area contributed by atoms with Gasteiger partial charge in [0.15, 0.2) is 0 Å². The Morgan fingerprint density at radius 2 is 2.00 bits per heavy atom. The Morgan fingerprint density at radius 3 is 2.60 bits per heavy atom. The van der Waals surface area contributed by atoms with Crippen molar-refractivity contribution in [2.75, 3.05) is 5.32 Å². The molecule has 0 radical (unpaired) electrons. The van der Waals surface area contributed by atoms with Gasteiger partial charge in [0.1, 0.15) is 5.01 Å². The van der Waals surface area contributed by atoms with Crippen LogP contribution in [-0.2, 0) is 11.2 Å². The smallest absolute Gasteiger partial charge is 0.245 e. The highest BCUT2D eigenvalue weighted by Crippen LogP contribution is 2.19. The normalized spacial score (nSPS) is 13.4. The van der Waals surface area contributed by atoms with E-state index in [-0.39, 0.29) is 18.3 Å². The Hall–Kier alpha value is -0.720. The number of aryl methyl sites for hydroxylation is 1. The van der Waals surface area contributed by atoms with Crippen LogP contribution in [0.1, 0.15) is 57.9 Å². The summed E-state index contributed by atoms with van der Waals surface area (Å²) in [6, 6.07) is 0. The lowest BCUT2D eigenvalue weighted by Gasteiger charge is -2.21. The summed E-state index contributed by atoms with van der Waals surface area (Å²) in [5.41, 5.74) is 5.12. The topological polar surface area (TPSA) is 80.9 Å². The molecule has 1 rings (SSSR count). The van der Waals surface area contributed by atoms with Crippen molar-refractivity contribution in [3.8, 4) is 0 Å². The van der Waals surface area contributed by atoms with Crippen LogP contribution in [0.15, 0.2) is 0 Å². The maximum absolute atomic E-state index is 12.0. The number of nitrogens with one attached hydrogen (secondary N) is 1. The van der Waals surface area contributed by atoms with E-state index in [4.69, 9.17) is 5.73 Å². The maximum atomic E-state index is 12.0. The highest BCUT2D eigenvalue weighted by Gasteiger charge is 2.27. The molecule has 0 aromatic carbocycles. The predicted molar refractivity (Wildman–Crippen MR) is 86.5 cm³/mol. The first kappa shape index (κ1) is 19.3. The van der Waals surface area contributed by atoms with Crippen LogP contribution in [0.2, 0.25) is 0 Å². The van der Waals surface area contributed by atoms with Gasteiger partial charge < -0.3 is 5.73 Å². The zero-order valence-corrected chi connectivity index (χ0v) is 14.1. The number of carbonyl (C=O) groups is 1. The Bertz CT molecular complexity index is 409. The monoisotopic (exact) mass is 320 g/mol. The van der Waals surface area contributed by atoms with Crippen molar-refractivity contribution in [2.24, 2.45) is 5.73 Å². The molecule has 1 unspecified atom stereocenters. The molecular formula is C13H25ClN4OS. The molecule has 0 saturated heterocycles. The average molecular weight is 321 g/mol. The summed E-state index contributed by atoms with van der Waals surface area (Å²) in [5.74, 6) is -0.189. The number of nitrogens with two attached hydrogens (primary N) is 1. The van der Waals surface area contributed by atoms with Crippen molar-refractivity contribution < 1.29 is 4.79 Å². The lowest BCUT2D eigenvalue weighted by atomic mass is 9.97. The molecule has 0 fully saturated rings. The lowest BCUT2D eigenvalue weighted by Crippen LogP contribution is -2.48. The van der Waals surface area contributed by atoms with Crippen LogP contribution in [0.25, 0.3) is 0 Å². The molecular weight excluding hydrogens is 296 g/mol. The third kappa shape index (κ3) is 6.15. The summed E-state index contributed by atoms with van der Waals surface area (Å²) in [7, 11) is 0. The Kier molecular flexibility index (Phi) is 8.93. The number of halogens is 1. The van der Waals surface area contributed by atoms with Crippen LogP contribution in [0, 0.1) is 0 Å². The molecule has 1 aromatic heterocycles. The number of unbranched alkanes of at least 4 members (excludes halogenated alkanes) is 2. The fourth-order valence-electron chi connectivity index (χ4n) is 1.80. The first-order valence-electron chi connectivity index (χ1n) is 6.92. The first-order chi connectivity index (χ1) is 8.99. The summed E-state index contributed by atoms with van der Waals surface area (Å²) in [5, 5.41) is 12.3. The summed E-state index contributed by atoms with van der Waals surface area (Å²) < 4.78 is 0. The second-order valence-electron chi connectivity index (χ2n) is 5.08. The van der Waals surface area contributed by atoms with E-state index in [0.29, 0.717) is 11.6 Å². The molecule has 1 atom stereocenters. The Balaban J connectivity index is 0.00000361. The van der Waals surface area contributed by atoms with Crippen molar-refractivity contribution in [3.05, 3.63) is 5.01 Å². The third-order valence-corrected chi connectivity index (χ3v) is 3.87. The molecule has 1 heterocycles. The van der Waals surface area contributed by atoms with Gasteiger partial charge >= 0.3 is 0 Å². The van der Waals surface area contributed by atoms with Crippen molar-refractivity contribution >= 4 is 34.8 Å². The largest absolute Gasteiger partial charge is 0.318 e. The van der Waals surface area contributed by atoms with E-state index < -0.39 is 5.54 Å². The van der Waals surface area contributed by atoms with Crippen molar-refractivity contribution in [1.82, 2.24) is 10.2 Å². The molecule has 20 heavy (non-hydrogen) atoms. The molecule has 0 aliphatic carbocycles.